The van der Waals surface area contributed by atoms with Crippen LogP contribution >= 0.6 is 0 Å². The lowest BCUT2D eigenvalue weighted by molar-refractivity contribution is -0.143. The van der Waals surface area contributed by atoms with Crippen molar-refractivity contribution < 1.29 is 38.7 Å². The normalized spacial score (nSPS) is 22.2. The standard InChI is InChI=1S/C42H60N10O8/c1-23(2)17-32-40(57)52(6)34(18-24(3)4)39(56)48-31(20-27-22-45-29-12-8-7-11-28(27)29)37(54)44-16-10-9-13-30(38(55)47-25(5)36(53)49-32)50-42(60)51-33(41(58)59)19-26-14-15-35(43)46-21-26/h7-8,11-12,14-15,21-25,30-34,45H,9-10,13,16-20H2,1-6H3,(H2,43,46)(H,44,54)(H,47,55)(H,48,56)(H,49,53)(H,58,59)(H2,50,51,60)/t25-,30+,31-,32-,33?,34-/m0/s1. The molecule has 60 heavy (non-hydrogen) atoms. The second-order valence-electron chi connectivity index (χ2n) is 16.3. The number of para-hydroxylation sites is 1. The van der Waals surface area contributed by atoms with Gasteiger partial charge >= 0.3 is 12.0 Å². The molecule has 2 aromatic heterocycles. The Balaban J connectivity index is 1.62. The summed E-state index contributed by atoms with van der Waals surface area (Å²) in [6.45, 7) is 9.20. The maximum atomic E-state index is 14.2. The minimum absolute atomic E-state index is 0.0217. The van der Waals surface area contributed by atoms with Crippen molar-refractivity contribution >= 4 is 58.3 Å². The Morgan fingerprint density at radius 3 is 2.27 bits per heavy atom. The number of aliphatic carboxylic acids is 1. The van der Waals surface area contributed by atoms with Gasteiger partial charge in [0.1, 0.15) is 42.1 Å². The molecule has 1 aromatic carbocycles. The zero-order chi connectivity index (χ0) is 44.1. The number of urea groups is 1. The first-order chi connectivity index (χ1) is 28.4. The van der Waals surface area contributed by atoms with Gasteiger partial charge in [-0.1, -0.05) is 52.0 Å². The highest BCUT2D eigenvalue weighted by Crippen LogP contribution is 2.21. The van der Waals surface area contributed by atoms with Crippen LogP contribution in [0.2, 0.25) is 0 Å². The molecule has 3 heterocycles. The van der Waals surface area contributed by atoms with Crippen molar-refractivity contribution in [3.8, 4) is 0 Å². The molecule has 1 aliphatic heterocycles. The van der Waals surface area contributed by atoms with Gasteiger partial charge in [0.2, 0.25) is 29.5 Å². The highest BCUT2D eigenvalue weighted by molar-refractivity contribution is 5.96. The van der Waals surface area contributed by atoms with Crippen LogP contribution in [0.15, 0.2) is 48.8 Å². The summed E-state index contributed by atoms with van der Waals surface area (Å²) in [7, 11) is 1.50. The van der Waals surface area contributed by atoms with Gasteiger partial charge in [-0.25, -0.2) is 14.6 Å². The molecular formula is C42H60N10O8. The molecule has 0 radical (unpaired) electrons. The maximum Gasteiger partial charge on any atom is 0.326 e. The Morgan fingerprint density at radius 1 is 0.900 bits per heavy atom. The van der Waals surface area contributed by atoms with E-state index in [1.54, 1.807) is 12.3 Å². The summed E-state index contributed by atoms with van der Waals surface area (Å²) in [5.41, 5.74) is 7.81. The number of likely N-dealkylation sites (N-methyl/N-ethyl adjacent to an activating group) is 1. The first kappa shape index (κ1) is 46.5. The van der Waals surface area contributed by atoms with Crippen molar-refractivity contribution in [1.82, 2.24) is 46.8 Å². The van der Waals surface area contributed by atoms with E-state index >= 15 is 0 Å². The molecule has 3 aromatic rings. The fourth-order valence-electron chi connectivity index (χ4n) is 7.08. The van der Waals surface area contributed by atoms with E-state index in [1.807, 2.05) is 52.0 Å². The van der Waals surface area contributed by atoms with E-state index in [0.29, 0.717) is 18.4 Å². The molecule has 7 amide bonds. The van der Waals surface area contributed by atoms with Crippen LogP contribution in [0, 0.1) is 11.8 Å². The molecule has 0 saturated carbocycles. The number of aromatic amines is 1. The number of H-pyrrole nitrogens is 1. The third-order valence-corrected chi connectivity index (χ3v) is 10.3. The highest BCUT2D eigenvalue weighted by Gasteiger charge is 2.36. The Bertz CT molecular complexity index is 1980. The number of hydrogen-bond acceptors (Lipinski definition) is 9. The number of fused-ring (bicyclic) bond motifs is 1. The Hall–Kier alpha value is -6.20. The van der Waals surface area contributed by atoms with Crippen molar-refractivity contribution in [2.24, 2.45) is 11.8 Å². The number of carboxylic acids is 1. The number of carbonyl (C=O) groups excluding carboxylic acids is 6. The minimum Gasteiger partial charge on any atom is -0.480 e. The average Bonchev–Trinajstić information content (AvgIpc) is 3.60. The minimum atomic E-state index is -1.38. The number of amides is 7. The summed E-state index contributed by atoms with van der Waals surface area (Å²) in [4.78, 5) is 103. The van der Waals surface area contributed by atoms with Gasteiger partial charge in [0.25, 0.3) is 0 Å². The Morgan fingerprint density at radius 2 is 1.60 bits per heavy atom. The van der Waals surface area contributed by atoms with Gasteiger partial charge in [-0.2, -0.15) is 0 Å². The first-order valence-electron chi connectivity index (χ1n) is 20.4. The number of nitrogen functional groups attached to an aromatic ring is 1. The molecule has 1 saturated heterocycles. The monoisotopic (exact) mass is 832 g/mol. The molecule has 1 unspecified atom stereocenters. The van der Waals surface area contributed by atoms with Crippen LogP contribution in [0.3, 0.4) is 0 Å². The SMILES string of the molecule is CC(C)C[C@@H]1NC(=O)[C@H](C)NC(=O)[C@H](NC(=O)NC(Cc2ccc(N)nc2)C(=O)O)CCCCNC(=O)[C@H](Cc2c[nH]c3ccccc23)NC(=O)[C@H](CC(C)C)N(C)C1=O. The molecule has 18 heteroatoms. The van der Waals surface area contributed by atoms with E-state index in [9.17, 15) is 38.7 Å². The van der Waals surface area contributed by atoms with Gasteiger partial charge < -0.3 is 52.6 Å². The van der Waals surface area contributed by atoms with E-state index in [1.165, 1.54) is 31.1 Å². The zero-order valence-electron chi connectivity index (χ0n) is 35.2. The van der Waals surface area contributed by atoms with Crippen molar-refractivity contribution in [1.29, 1.82) is 0 Å². The summed E-state index contributed by atoms with van der Waals surface area (Å²) < 4.78 is 0. The van der Waals surface area contributed by atoms with E-state index in [-0.39, 0.29) is 56.3 Å². The molecule has 18 nitrogen and oxygen atoms in total. The number of nitrogens with zero attached hydrogens (tertiary/aromatic N) is 2. The number of carboxylic acid groups (broad SMARTS) is 1. The lowest BCUT2D eigenvalue weighted by Crippen LogP contribution is -2.59. The lowest BCUT2D eigenvalue weighted by atomic mass is 9.97. The number of benzene rings is 1. The van der Waals surface area contributed by atoms with Gasteiger partial charge in [-0.15, -0.1) is 0 Å². The average molecular weight is 833 g/mol. The number of rotatable bonds is 11. The van der Waals surface area contributed by atoms with Gasteiger partial charge in [-0.3, -0.25) is 24.0 Å². The maximum absolute atomic E-state index is 14.2. The highest BCUT2D eigenvalue weighted by atomic mass is 16.4. The van der Waals surface area contributed by atoms with Crippen LogP contribution in [-0.4, -0.2) is 111 Å². The van der Waals surface area contributed by atoms with E-state index in [0.717, 1.165) is 16.5 Å². The van der Waals surface area contributed by atoms with E-state index in [2.05, 4.69) is 41.9 Å². The third-order valence-electron chi connectivity index (χ3n) is 10.3. The zero-order valence-corrected chi connectivity index (χ0v) is 35.2. The van der Waals surface area contributed by atoms with Gasteiger partial charge in [-0.05, 0) is 74.1 Å². The molecule has 10 N–H and O–H groups in total. The van der Waals surface area contributed by atoms with E-state index in [4.69, 9.17) is 5.73 Å². The Kier molecular flexibility index (Phi) is 16.8. The number of nitrogens with two attached hydrogens (primary N) is 1. The second kappa shape index (κ2) is 21.7. The largest absolute Gasteiger partial charge is 0.480 e. The van der Waals surface area contributed by atoms with Crippen molar-refractivity contribution in [2.75, 3.05) is 19.3 Å². The number of nitrogens with one attached hydrogen (secondary N) is 7. The number of anilines is 1. The van der Waals surface area contributed by atoms with Crippen LogP contribution in [-0.2, 0) is 41.6 Å². The van der Waals surface area contributed by atoms with Crippen molar-refractivity contribution in [2.45, 2.75) is 116 Å². The molecule has 1 fully saturated rings. The first-order valence-corrected chi connectivity index (χ1v) is 20.4. The van der Waals surface area contributed by atoms with Crippen molar-refractivity contribution in [3.05, 3.63) is 59.9 Å². The predicted molar refractivity (Wildman–Crippen MR) is 225 cm³/mol. The van der Waals surface area contributed by atoms with Crippen LogP contribution in [0.5, 0.6) is 0 Å². The molecule has 326 valence electrons. The Labute approximate surface area is 350 Å². The molecule has 0 aliphatic carbocycles. The lowest BCUT2D eigenvalue weighted by Gasteiger charge is -2.33. The molecule has 1 aliphatic rings. The quantitative estimate of drug-likeness (QED) is 0.135. The number of aromatic nitrogens is 2. The van der Waals surface area contributed by atoms with E-state index < -0.39 is 77.8 Å². The summed E-state index contributed by atoms with van der Waals surface area (Å²) in [6.07, 6.45) is 4.43. The molecule has 4 rings (SSSR count). The predicted octanol–water partition coefficient (Wildman–Crippen LogP) is 1.74. The molecular weight excluding hydrogens is 773 g/mol. The topological polar surface area (TPSA) is 270 Å². The number of pyridine rings is 1. The van der Waals surface area contributed by atoms with Crippen LogP contribution in [0.25, 0.3) is 10.9 Å². The molecule has 0 spiro atoms. The number of carbonyl (C=O) groups is 7. The second-order valence-corrected chi connectivity index (χ2v) is 16.3. The van der Waals surface area contributed by atoms with Gasteiger partial charge in [0, 0.05) is 49.7 Å². The van der Waals surface area contributed by atoms with Crippen LogP contribution in [0.4, 0.5) is 10.6 Å². The van der Waals surface area contributed by atoms with Gasteiger partial charge in [0.05, 0.1) is 0 Å². The van der Waals surface area contributed by atoms with Crippen molar-refractivity contribution in [3.63, 3.8) is 0 Å². The van der Waals surface area contributed by atoms with Gasteiger partial charge in [0.15, 0.2) is 0 Å². The summed E-state index contributed by atoms with van der Waals surface area (Å²) >= 11 is 0. The third kappa shape index (κ3) is 13.4. The van der Waals surface area contributed by atoms with Crippen LogP contribution < -0.4 is 37.6 Å². The smallest absolute Gasteiger partial charge is 0.326 e. The summed E-state index contributed by atoms with van der Waals surface area (Å²) in [5.74, 6) is -4.04. The fourth-order valence-corrected chi connectivity index (χ4v) is 7.08. The molecule has 6 atom stereocenters. The van der Waals surface area contributed by atoms with Crippen LogP contribution in [0.1, 0.15) is 77.8 Å². The number of hydrogen-bond donors (Lipinski definition) is 9. The summed E-state index contributed by atoms with van der Waals surface area (Å²) in [6, 6.07) is 2.90. The molecule has 0 bridgehead atoms. The summed E-state index contributed by atoms with van der Waals surface area (Å²) in [5, 5.41) is 26.9. The fraction of sp³-hybridized carbons (Fsp3) is 0.524.